The molecule has 150 valence electrons. The quantitative estimate of drug-likeness (QED) is 0.748. The van der Waals surface area contributed by atoms with Crippen LogP contribution in [0.15, 0.2) is 54.6 Å². The summed E-state index contributed by atoms with van der Waals surface area (Å²) in [7, 11) is 0. The highest BCUT2D eigenvalue weighted by Gasteiger charge is 2.24. The Morgan fingerprint density at radius 1 is 0.964 bits per heavy atom. The third kappa shape index (κ3) is 5.46. The summed E-state index contributed by atoms with van der Waals surface area (Å²) in [5, 5.41) is 3.79. The van der Waals surface area contributed by atoms with Crippen LogP contribution in [0, 0.1) is 12.8 Å². The molecule has 4 rings (SSSR count). The van der Waals surface area contributed by atoms with E-state index in [4.69, 9.17) is 0 Å². The molecule has 2 aliphatic rings. The summed E-state index contributed by atoms with van der Waals surface area (Å²) in [6, 6.07) is 20.9. The summed E-state index contributed by atoms with van der Waals surface area (Å²) < 4.78 is 0. The minimum Gasteiger partial charge on any atom is -0.314 e. The van der Waals surface area contributed by atoms with Crippen LogP contribution in [0.4, 0.5) is 0 Å². The van der Waals surface area contributed by atoms with Crippen LogP contribution in [0.1, 0.15) is 54.7 Å². The van der Waals surface area contributed by atoms with Gasteiger partial charge in [-0.05, 0) is 94.6 Å². The summed E-state index contributed by atoms with van der Waals surface area (Å²) in [5.41, 5.74) is 4.45. The first kappa shape index (κ1) is 19.7. The summed E-state index contributed by atoms with van der Waals surface area (Å²) in [6.07, 6.45) is 7.86. The number of hydrogen-bond donors (Lipinski definition) is 1. The van der Waals surface area contributed by atoms with Gasteiger partial charge >= 0.3 is 0 Å². The molecule has 2 fully saturated rings. The summed E-state index contributed by atoms with van der Waals surface area (Å²) in [4.78, 5) is 2.71. The lowest BCUT2D eigenvalue weighted by Crippen LogP contribution is -2.41. The molecule has 2 unspecified atom stereocenters. The van der Waals surface area contributed by atoms with Crippen LogP contribution in [0.25, 0.3) is 0 Å². The van der Waals surface area contributed by atoms with E-state index in [0.717, 1.165) is 11.8 Å². The van der Waals surface area contributed by atoms with Gasteiger partial charge < -0.3 is 10.2 Å². The third-order valence-corrected chi connectivity index (χ3v) is 6.88. The van der Waals surface area contributed by atoms with Crippen LogP contribution in [-0.4, -0.2) is 37.1 Å². The van der Waals surface area contributed by atoms with Gasteiger partial charge in [-0.3, -0.25) is 0 Å². The molecule has 2 heterocycles. The topological polar surface area (TPSA) is 15.3 Å². The van der Waals surface area contributed by atoms with E-state index < -0.39 is 0 Å². The van der Waals surface area contributed by atoms with Crippen LogP contribution in [0.5, 0.6) is 0 Å². The highest BCUT2D eigenvalue weighted by atomic mass is 15.1. The molecule has 2 heteroatoms. The van der Waals surface area contributed by atoms with Crippen molar-refractivity contribution in [1.82, 2.24) is 10.2 Å². The zero-order valence-electron chi connectivity index (χ0n) is 17.4. The number of piperidine rings is 2. The maximum atomic E-state index is 3.79. The predicted molar refractivity (Wildman–Crippen MR) is 119 cm³/mol. The monoisotopic (exact) mass is 376 g/mol. The molecule has 2 aromatic rings. The average Bonchev–Trinajstić information content (AvgIpc) is 2.74. The number of aryl methyl sites for hydroxylation is 1. The van der Waals surface area contributed by atoms with Gasteiger partial charge in [-0.25, -0.2) is 0 Å². The molecular formula is C26H36N2. The molecule has 0 bridgehead atoms. The molecule has 2 nitrogen and oxygen atoms in total. The van der Waals surface area contributed by atoms with Crippen LogP contribution in [-0.2, 0) is 6.42 Å². The van der Waals surface area contributed by atoms with Gasteiger partial charge in [-0.15, -0.1) is 0 Å². The average molecular weight is 377 g/mol. The number of nitrogens with zero attached hydrogens (tertiary/aromatic N) is 1. The first-order valence-corrected chi connectivity index (χ1v) is 11.3. The number of nitrogens with one attached hydrogen (secondary N) is 1. The normalized spacial score (nSPS) is 24.3. The highest BCUT2D eigenvalue weighted by Crippen LogP contribution is 2.29. The van der Waals surface area contributed by atoms with Gasteiger partial charge in [0.2, 0.25) is 0 Å². The van der Waals surface area contributed by atoms with Crippen molar-refractivity contribution in [2.45, 2.75) is 57.4 Å². The van der Waals surface area contributed by atoms with E-state index in [1.807, 2.05) is 0 Å². The smallest absolute Gasteiger partial charge is 0.00850 e. The Hall–Kier alpha value is -1.64. The molecule has 0 aromatic heterocycles. The van der Waals surface area contributed by atoms with Crippen molar-refractivity contribution in [2.24, 2.45) is 5.92 Å². The third-order valence-electron chi connectivity index (χ3n) is 6.88. The van der Waals surface area contributed by atoms with Crippen molar-refractivity contribution in [3.8, 4) is 0 Å². The molecule has 0 spiro atoms. The summed E-state index contributed by atoms with van der Waals surface area (Å²) in [6.45, 7) is 7.21. The molecule has 2 saturated heterocycles. The molecule has 0 aliphatic carbocycles. The molecular weight excluding hydrogens is 340 g/mol. The van der Waals surface area contributed by atoms with E-state index in [9.17, 15) is 0 Å². The van der Waals surface area contributed by atoms with Crippen molar-refractivity contribution in [3.63, 3.8) is 0 Å². The fraction of sp³-hybridized carbons (Fsp3) is 0.538. The van der Waals surface area contributed by atoms with Crippen molar-refractivity contribution in [1.29, 1.82) is 0 Å². The van der Waals surface area contributed by atoms with E-state index in [-0.39, 0.29) is 0 Å². The number of hydrogen-bond acceptors (Lipinski definition) is 2. The molecule has 28 heavy (non-hydrogen) atoms. The zero-order valence-corrected chi connectivity index (χ0v) is 17.4. The van der Waals surface area contributed by atoms with Crippen molar-refractivity contribution in [3.05, 3.63) is 71.3 Å². The second-order valence-corrected chi connectivity index (χ2v) is 9.05. The van der Waals surface area contributed by atoms with Gasteiger partial charge in [0.15, 0.2) is 0 Å². The number of rotatable bonds is 6. The van der Waals surface area contributed by atoms with Gasteiger partial charge in [0.05, 0.1) is 0 Å². The van der Waals surface area contributed by atoms with Gasteiger partial charge in [0.25, 0.3) is 0 Å². The van der Waals surface area contributed by atoms with Gasteiger partial charge in [0, 0.05) is 6.04 Å². The van der Waals surface area contributed by atoms with Crippen LogP contribution in [0.3, 0.4) is 0 Å². The van der Waals surface area contributed by atoms with Crippen LogP contribution in [0.2, 0.25) is 0 Å². The SMILES string of the molecule is Cc1cccc(C2CCNC(CCN3CCC(Cc4ccccc4)CC3)C2)c1. The fourth-order valence-corrected chi connectivity index (χ4v) is 5.15. The van der Waals surface area contributed by atoms with E-state index in [1.54, 1.807) is 5.56 Å². The van der Waals surface area contributed by atoms with Crippen LogP contribution < -0.4 is 5.32 Å². The van der Waals surface area contributed by atoms with Gasteiger partial charge in [-0.1, -0.05) is 60.2 Å². The largest absolute Gasteiger partial charge is 0.314 e. The lowest BCUT2D eigenvalue weighted by molar-refractivity contribution is 0.172. The molecule has 1 N–H and O–H groups in total. The Balaban J connectivity index is 1.20. The van der Waals surface area contributed by atoms with Gasteiger partial charge in [-0.2, -0.15) is 0 Å². The molecule has 0 amide bonds. The molecule has 0 saturated carbocycles. The Labute approximate surface area is 171 Å². The minimum absolute atomic E-state index is 0.682. The van der Waals surface area contributed by atoms with Crippen molar-refractivity contribution >= 4 is 0 Å². The highest BCUT2D eigenvalue weighted by molar-refractivity contribution is 5.26. The Kier molecular flexibility index (Phi) is 6.82. The Morgan fingerprint density at radius 2 is 1.79 bits per heavy atom. The van der Waals surface area contributed by atoms with E-state index in [1.165, 1.54) is 75.8 Å². The maximum absolute atomic E-state index is 3.79. The lowest BCUT2D eigenvalue weighted by atomic mass is 9.84. The van der Waals surface area contributed by atoms with E-state index >= 15 is 0 Å². The zero-order chi connectivity index (χ0) is 19.2. The van der Waals surface area contributed by atoms with Crippen molar-refractivity contribution in [2.75, 3.05) is 26.2 Å². The second kappa shape index (κ2) is 9.71. The minimum atomic E-state index is 0.682. The first-order valence-electron chi connectivity index (χ1n) is 11.3. The number of likely N-dealkylation sites (tertiary alicyclic amines) is 1. The molecule has 0 radical (unpaired) electrons. The first-order chi connectivity index (χ1) is 13.8. The molecule has 2 aliphatic heterocycles. The molecule has 2 atom stereocenters. The van der Waals surface area contributed by atoms with Crippen LogP contribution >= 0.6 is 0 Å². The Bertz CT molecular complexity index is 718. The molecule has 2 aromatic carbocycles. The lowest BCUT2D eigenvalue weighted by Gasteiger charge is -2.35. The summed E-state index contributed by atoms with van der Waals surface area (Å²) in [5.74, 6) is 1.61. The second-order valence-electron chi connectivity index (χ2n) is 9.05. The Morgan fingerprint density at radius 3 is 2.57 bits per heavy atom. The number of benzene rings is 2. The fourth-order valence-electron chi connectivity index (χ4n) is 5.15. The van der Waals surface area contributed by atoms with E-state index in [2.05, 4.69) is 71.7 Å². The standard InChI is InChI=1S/C26H36N2/c1-21-6-5-9-24(18-21)25-10-14-27-26(20-25)13-17-28-15-11-23(12-16-28)19-22-7-3-2-4-8-22/h2-9,18,23,25-27H,10-17,19-20H2,1H3. The van der Waals surface area contributed by atoms with E-state index in [0.29, 0.717) is 6.04 Å². The predicted octanol–water partition coefficient (Wildman–Crippen LogP) is 5.18. The summed E-state index contributed by atoms with van der Waals surface area (Å²) >= 11 is 0. The maximum Gasteiger partial charge on any atom is 0.00850 e. The van der Waals surface area contributed by atoms with Gasteiger partial charge in [0.1, 0.15) is 0 Å². The van der Waals surface area contributed by atoms with Crippen molar-refractivity contribution < 1.29 is 0 Å².